The first-order valence-corrected chi connectivity index (χ1v) is 10.8. The Morgan fingerprint density at radius 1 is 0.800 bits per heavy atom. The lowest BCUT2D eigenvalue weighted by molar-refractivity contribution is 0.0924. The first kappa shape index (κ1) is 19.5. The molecule has 0 saturated heterocycles. The molecule has 1 aliphatic heterocycles. The third-order valence-electron chi connectivity index (χ3n) is 4.66. The minimum atomic E-state index is -3.75. The number of sulfonamides is 1. The van der Waals surface area contributed by atoms with E-state index in [-0.39, 0.29) is 16.7 Å². The maximum atomic E-state index is 12.9. The molecule has 1 N–H and O–H groups in total. The van der Waals surface area contributed by atoms with Gasteiger partial charge in [0.25, 0.3) is 17.7 Å². The highest BCUT2D eigenvalue weighted by atomic mass is 32.2. The minimum absolute atomic E-state index is 0.0263. The zero-order chi connectivity index (χ0) is 21.5. The average Bonchev–Trinajstić information content (AvgIpc) is 2.97. The summed E-state index contributed by atoms with van der Waals surface area (Å²) in [5, 5.41) is 0. The number of imide groups is 1. The highest BCUT2D eigenvalue weighted by molar-refractivity contribution is 7.89. The summed E-state index contributed by atoms with van der Waals surface area (Å²) in [4.78, 5) is 38.8. The van der Waals surface area contributed by atoms with Crippen molar-refractivity contribution in [1.29, 1.82) is 0 Å². The Labute approximate surface area is 173 Å². The third kappa shape index (κ3) is 3.60. The first-order chi connectivity index (χ1) is 14.2. The SMILES string of the molecule is CS(=O)(=O)NC(=O)c1ccc2c(c1)C(=O)N(c1ccc(-c3ccccc3)cc1)C2=O. The summed E-state index contributed by atoms with van der Waals surface area (Å²) >= 11 is 0. The van der Waals surface area contributed by atoms with Crippen LogP contribution >= 0.6 is 0 Å². The van der Waals surface area contributed by atoms with Crippen molar-refractivity contribution in [3.8, 4) is 11.1 Å². The van der Waals surface area contributed by atoms with Gasteiger partial charge in [0.1, 0.15) is 0 Å². The Kier molecular flexibility index (Phi) is 4.71. The second-order valence-electron chi connectivity index (χ2n) is 6.82. The standard InChI is InChI=1S/C22H16N2O5S/c1-30(28,29)23-20(25)16-9-12-18-19(13-16)22(27)24(21(18)26)17-10-7-15(8-11-17)14-5-3-2-4-6-14/h2-13H,1H3,(H,23,25). The topological polar surface area (TPSA) is 101 Å². The van der Waals surface area contributed by atoms with Crippen molar-refractivity contribution >= 4 is 33.4 Å². The fraction of sp³-hybridized carbons (Fsp3) is 0.0455. The van der Waals surface area contributed by atoms with Crippen LogP contribution in [0, 0.1) is 0 Å². The summed E-state index contributed by atoms with van der Waals surface area (Å²) < 4.78 is 24.4. The van der Waals surface area contributed by atoms with Crippen LogP contribution in [0.1, 0.15) is 31.1 Å². The van der Waals surface area contributed by atoms with E-state index < -0.39 is 27.7 Å². The highest BCUT2D eigenvalue weighted by Gasteiger charge is 2.37. The molecule has 0 atom stereocenters. The number of hydrogen-bond acceptors (Lipinski definition) is 5. The Bertz CT molecular complexity index is 1280. The quantitative estimate of drug-likeness (QED) is 0.654. The second-order valence-corrected chi connectivity index (χ2v) is 8.57. The van der Waals surface area contributed by atoms with Gasteiger partial charge in [-0.2, -0.15) is 0 Å². The van der Waals surface area contributed by atoms with Gasteiger partial charge in [0.15, 0.2) is 0 Å². The van der Waals surface area contributed by atoms with Crippen molar-refractivity contribution < 1.29 is 22.8 Å². The van der Waals surface area contributed by atoms with E-state index >= 15 is 0 Å². The molecule has 0 bridgehead atoms. The van der Waals surface area contributed by atoms with Gasteiger partial charge in [-0.05, 0) is 41.5 Å². The number of nitrogens with one attached hydrogen (secondary N) is 1. The van der Waals surface area contributed by atoms with Crippen molar-refractivity contribution in [1.82, 2.24) is 4.72 Å². The molecule has 3 aromatic carbocycles. The molecule has 7 nitrogen and oxygen atoms in total. The number of hydrogen-bond donors (Lipinski definition) is 1. The van der Waals surface area contributed by atoms with Gasteiger partial charge < -0.3 is 0 Å². The fourth-order valence-corrected chi connectivity index (χ4v) is 3.73. The summed E-state index contributed by atoms with van der Waals surface area (Å²) in [7, 11) is -3.75. The lowest BCUT2D eigenvalue weighted by Gasteiger charge is -2.14. The number of nitrogens with zero attached hydrogens (tertiary/aromatic N) is 1. The normalized spacial score (nSPS) is 13.3. The van der Waals surface area contributed by atoms with Crippen LogP contribution in [0.3, 0.4) is 0 Å². The molecule has 0 aromatic heterocycles. The van der Waals surface area contributed by atoms with E-state index in [9.17, 15) is 22.8 Å². The molecular formula is C22H16N2O5S. The molecule has 150 valence electrons. The number of rotatable bonds is 4. The van der Waals surface area contributed by atoms with Crippen LogP contribution in [0.25, 0.3) is 11.1 Å². The molecule has 8 heteroatoms. The Morgan fingerprint density at radius 3 is 2.03 bits per heavy atom. The summed E-state index contributed by atoms with van der Waals surface area (Å²) in [5.41, 5.74) is 2.53. The predicted molar refractivity (Wildman–Crippen MR) is 112 cm³/mol. The van der Waals surface area contributed by atoms with E-state index in [0.717, 1.165) is 22.3 Å². The zero-order valence-corrected chi connectivity index (χ0v) is 16.6. The van der Waals surface area contributed by atoms with Gasteiger partial charge in [0.2, 0.25) is 10.0 Å². The number of carbonyl (C=O) groups is 3. The molecule has 1 heterocycles. The summed E-state index contributed by atoms with van der Waals surface area (Å²) in [6.45, 7) is 0. The van der Waals surface area contributed by atoms with Gasteiger partial charge in [-0.1, -0.05) is 42.5 Å². The molecule has 3 aromatic rings. The van der Waals surface area contributed by atoms with Crippen LogP contribution in [-0.2, 0) is 10.0 Å². The zero-order valence-electron chi connectivity index (χ0n) is 15.8. The highest BCUT2D eigenvalue weighted by Crippen LogP contribution is 2.30. The minimum Gasteiger partial charge on any atom is -0.268 e. The molecule has 0 fully saturated rings. The van der Waals surface area contributed by atoms with Gasteiger partial charge in [-0.3, -0.25) is 14.4 Å². The molecular weight excluding hydrogens is 404 g/mol. The monoisotopic (exact) mass is 420 g/mol. The number of anilines is 1. The maximum Gasteiger partial charge on any atom is 0.266 e. The fourth-order valence-electron chi connectivity index (χ4n) is 3.28. The Morgan fingerprint density at radius 2 is 1.40 bits per heavy atom. The number of fused-ring (bicyclic) bond motifs is 1. The van der Waals surface area contributed by atoms with E-state index in [1.807, 2.05) is 47.2 Å². The lowest BCUT2D eigenvalue weighted by Crippen LogP contribution is -2.29. The lowest BCUT2D eigenvalue weighted by atomic mass is 10.1. The molecule has 4 rings (SSSR count). The maximum absolute atomic E-state index is 12.9. The second kappa shape index (κ2) is 7.23. The summed E-state index contributed by atoms with van der Waals surface area (Å²) in [6.07, 6.45) is 0.855. The van der Waals surface area contributed by atoms with E-state index in [4.69, 9.17) is 0 Å². The van der Waals surface area contributed by atoms with Crippen molar-refractivity contribution in [3.63, 3.8) is 0 Å². The van der Waals surface area contributed by atoms with E-state index in [1.165, 1.54) is 18.2 Å². The Balaban J connectivity index is 1.64. The van der Waals surface area contributed by atoms with Gasteiger partial charge in [-0.25, -0.2) is 18.0 Å². The average molecular weight is 420 g/mol. The largest absolute Gasteiger partial charge is 0.268 e. The number of benzene rings is 3. The van der Waals surface area contributed by atoms with Gasteiger partial charge in [-0.15, -0.1) is 0 Å². The van der Waals surface area contributed by atoms with Gasteiger partial charge in [0.05, 0.1) is 23.1 Å². The molecule has 0 saturated carbocycles. The molecule has 1 aliphatic rings. The predicted octanol–water partition coefficient (Wildman–Crippen LogP) is 2.84. The van der Waals surface area contributed by atoms with Crippen molar-refractivity contribution in [2.45, 2.75) is 0 Å². The number of amides is 3. The molecule has 3 amide bonds. The smallest absolute Gasteiger partial charge is 0.266 e. The van der Waals surface area contributed by atoms with Crippen molar-refractivity contribution in [2.24, 2.45) is 0 Å². The van der Waals surface area contributed by atoms with Crippen LogP contribution in [0.4, 0.5) is 5.69 Å². The van der Waals surface area contributed by atoms with Crippen molar-refractivity contribution in [3.05, 3.63) is 89.5 Å². The van der Waals surface area contributed by atoms with Crippen LogP contribution in [-0.4, -0.2) is 32.4 Å². The molecule has 30 heavy (non-hydrogen) atoms. The molecule has 0 spiro atoms. The van der Waals surface area contributed by atoms with Crippen LogP contribution in [0.15, 0.2) is 72.8 Å². The van der Waals surface area contributed by atoms with E-state index in [0.29, 0.717) is 5.69 Å². The summed E-state index contributed by atoms with van der Waals surface area (Å²) in [6, 6.07) is 20.6. The molecule has 0 radical (unpaired) electrons. The van der Waals surface area contributed by atoms with E-state index in [1.54, 1.807) is 12.1 Å². The van der Waals surface area contributed by atoms with E-state index in [2.05, 4.69) is 0 Å². The van der Waals surface area contributed by atoms with Gasteiger partial charge >= 0.3 is 0 Å². The third-order valence-corrected chi connectivity index (χ3v) is 5.22. The van der Waals surface area contributed by atoms with Crippen LogP contribution < -0.4 is 9.62 Å². The number of carbonyl (C=O) groups excluding carboxylic acids is 3. The van der Waals surface area contributed by atoms with Gasteiger partial charge in [0, 0.05) is 5.56 Å². The van der Waals surface area contributed by atoms with Crippen LogP contribution in [0.2, 0.25) is 0 Å². The Hall–Kier alpha value is -3.78. The molecule has 0 unspecified atom stereocenters. The van der Waals surface area contributed by atoms with Crippen molar-refractivity contribution in [2.75, 3.05) is 11.2 Å². The molecule has 0 aliphatic carbocycles. The first-order valence-electron chi connectivity index (χ1n) is 8.95. The van der Waals surface area contributed by atoms with Crippen LogP contribution in [0.5, 0.6) is 0 Å². The summed E-state index contributed by atoms with van der Waals surface area (Å²) in [5.74, 6) is -1.94.